The molecule has 0 unspecified atom stereocenters. The highest BCUT2D eigenvalue weighted by molar-refractivity contribution is 14.1. The average Bonchev–Trinajstić information content (AvgIpc) is 3.04. The minimum absolute atomic E-state index is 0.0309. The molecule has 1 atom stereocenters. The van der Waals surface area contributed by atoms with Crippen LogP contribution in [0, 0.1) is 9.49 Å². The molecule has 0 aliphatic carbocycles. The maximum atomic E-state index is 12.7. The summed E-state index contributed by atoms with van der Waals surface area (Å²) in [6, 6.07) is 13.9. The maximum absolute atomic E-state index is 12.7. The Morgan fingerprint density at radius 1 is 1.12 bits per heavy atom. The molecular weight excluding hydrogens is 439 g/mol. The third kappa shape index (κ3) is 3.92. The highest BCUT2D eigenvalue weighted by atomic mass is 127. The molecule has 1 aliphatic rings. The lowest BCUT2D eigenvalue weighted by Gasteiger charge is -2.23. The second-order valence-electron chi connectivity index (χ2n) is 6.53. The predicted octanol–water partition coefficient (Wildman–Crippen LogP) is 4.41. The molecule has 26 heavy (non-hydrogen) atoms. The number of benzene rings is 2. The van der Waals surface area contributed by atoms with E-state index >= 15 is 0 Å². The van der Waals surface area contributed by atoms with Gasteiger partial charge in [0.05, 0.1) is 5.92 Å². The van der Waals surface area contributed by atoms with Gasteiger partial charge in [0.2, 0.25) is 11.8 Å². The topological polar surface area (TPSA) is 49.4 Å². The van der Waals surface area contributed by atoms with Crippen molar-refractivity contribution in [1.82, 2.24) is 0 Å². The number of hydrogen-bond donors (Lipinski definition) is 1. The number of rotatable bonds is 5. The van der Waals surface area contributed by atoms with E-state index in [-0.39, 0.29) is 24.2 Å². The quantitative estimate of drug-likeness (QED) is 0.670. The number of anilines is 2. The summed E-state index contributed by atoms with van der Waals surface area (Å²) in [5.74, 6) is -0.381. The Hall–Kier alpha value is -1.89. The van der Waals surface area contributed by atoms with Gasteiger partial charge in [-0.2, -0.15) is 0 Å². The van der Waals surface area contributed by atoms with E-state index in [0.29, 0.717) is 6.54 Å². The highest BCUT2D eigenvalue weighted by Gasteiger charge is 2.36. The molecule has 1 saturated heterocycles. The van der Waals surface area contributed by atoms with E-state index in [9.17, 15) is 9.59 Å². The summed E-state index contributed by atoms with van der Waals surface area (Å²) < 4.78 is 1.12. The summed E-state index contributed by atoms with van der Waals surface area (Å²) in [5, 5.41) is 2.94. The van der Waals surface area contributed by atoms with Crippen LogP contribution >= 0.6 is 22.6 Å². The molecule has 2 amide bonds. The van der Waals surface area contributed by atoms with Crippen LogP contribution in [0.25, 0.3) is 0 Å². The molecule has 1 N–H and O–H groups in total. The Morgan fingerprint density at radius 3 is 2.31 bits per heavy atom. The van der Waals surface area contributed by atoms with E-state index < -0.39 is 0 Å². The van der Waals surface area contributed by atoms with Crippen LogP contribution in [0.15, 0.2) is 42.5 Å². The average molecular weight is 462 g/mol. The van der Waals surface area contributed by atoms with Gasteiger partial charge >= 0.3 is 0 Å². The number of carbonyl (C=O) groups excluding carboxylic acids is 2. The molecule has 3 rings (SSSR count). The van der Waals surface area contributed by atoms with Crippen LogP contribution in [0.1, 0.15) is 31.4 Å². The zero-order valence-corrected chi connectivity index (χ0v) is 17.2. The van der Waals surface area contributed by atoms with Crippen molar-refractivity contribution in [2.45, 2.75) is 33.1 Å². The van der Waals surface area contributed by atoms with E-state index in [1.54, 1.807) is 0 Å². The van der Waals surface area contributed by atoms with Crippen molar-refractivity contribution in [2.24, 2.45) is 5.92 Å². The Balaban J connectivity index is 1.79. The van der Waals surface area contributed by atoms with Gasteiger partial charge in [0.15, 0.2) is 0 Å². The van der Waals surface area contributed by atoms with Crippen LogP contribution in [0.3, 0.4) is 0 Å². The number of carbonyl (C=O) groups is 2. The fourth-order valence-corrected chi connectivity index (χ4v) is 3.80. The van der Waals surface area contributed by atoms with Crippen molar-refractivity contribution >= 4 is 45.8 Å². The molecule has 136 valence electrons. The monoisotopic (exact) mass is 462 g/mol. The second-order valence-corrected chi connectivity index (χ2v) is 7.78. The lowest BCUT2D eigenvalue weighted by molar-refractivity contribution is -0.122. The molecule has 0 radical (unpaired) electrons. The molecule has 0 spiro atoms. The van der Waals surface area contributed by atoms with E-state index in [1.165, 1.54) is 0 Å². The normalized spacial score (nSPS) is 16.8. The zero-order valence-electron chi connectivity index (χ0n) is 15.1. The van der Waals surface area contributed by atoms with Gasteiger partial charge in [-0.25, -0.2) is 0 Å². The molecule has 0 aromatic heterocycles. The number of para-hydroxylation sites is 1. The highest BCUT2D eigenvalue weighted by Crippen LogP contribution is 2.32. The Labute approximate surface area is 168 Å². The first-order chi connectivity index (χ1) is 12.5. The summed E-state index contributed by atoms with van der Waals surface area (Å²) in [6.07, 6.45) is 2.00. The van der Waals surface area contributed by atoms with Crippen molar-refractivity contribution in [1.29, 1.82) is 0 Å². The zero-order chi connectivity index (χ0) is 18.7. The molecule has 0 saturated carbocycles. The summed E-state index contributed by atoms with van der Waals surface area (Å²) in [5.41, 5.74) is 4.10. The molecular formula is C21H23IN2O2. The summed E-state index contributed by atoms with van der Waals surface area (Å²) >= 11 is 2.23. The third-order valence-corrected chi connectivity index (χ3v) is 5.56. The lowest BCUT2D eigenvalue weighted by atomic mass is 10.0. The van der Waals surface area contributed by atoms with E-state index in [2.05, 4.69) is 53.9 Å². The van der Waals surface area contributed by atoms with Gasteiger partial charge in [0.25, 0.3) is 0 Å². The largest absolute Gasteiger partial charge is 0.326 e. The summed E-state index contributed by atoms with van der Waals surface area (Å²) in [4.78, 5) is 27.1. The van der Waals surface area contributed by atoms with Gasteiger partial charge in [-0.15, -0.1) is 0 Å². The summed E-state index contributed by atoms with van der Waals surface area (Å²) in [6.45, 7) is 4.64. The number of amides is 2. The van der Waals surface area contributed by atoms with E-state index in [4.69, 9.17) is 0 Å². The van der Waals surface area contributed by atoms with Crippen molar-refractivity contribution in [2.75, 3.05) is 16.8 Å². The van der Waals surface area contributed by atoms with Crippen molar-refractivity contribution in [3.63, 3.8) is 0 Å². The van der Waals surface area contributed by atoms with E-state index in [0.717, 1.165) is 38.9 Å². The Kier molecular flexibility index (Phi) is 5.96. The standard InChI is InChI=1S/C21H23IN2O2/c1-3-14-6-5-7-15(4-2)20(14)24-13-16(12-19(24)25)21(26)23-18-10-8-17(22)9-11-18/h5-11,16H,3-4,12-13H2,1-2H3,(H,23,26)/t16-/m0/s1. The van der Waals surface area contributed by atoms with Gasteiger partial charge in [0, 0.05) is 27.9 Å². The maximum Gasteiger partial charge on any atom is 0.229 e. The number of aryl methyl sites for hydroxylation is 2. The van der Waals surface area contributed by atoms with Crippen molar-refractivity contribution in [3.05, 3.63) is 57.2 Å². The van der Waals surface area contributed by atoms with Crippen LogP contribution in [0.4, 0.5) is 11.4 Å². The number of nitrogens with zero attached hydrogens (tertiary/aromatic N) is 1. The van der Waals surface area contributed by atoms with Gasteiger partial charge in [-0.3, -0.25) is 9.59 Å². The van der Waals surface area contributed by atoms with Crippen LogP contribution < -0.4 is 10.2 Å². The molecule has 4 nitrogen and oxygen atoms in total. The Bertz CT molecular complexity index is 795. The fourth-order valence-electron chi connectivity index (χ4n) is 3.44. The second kappa shape index (κ2) is 8.20. The van der Waals surface area contributed by atoms with Gasteiger partial charge in [-0.1, -0.05) is 32.0 Å². The fraction of sp³-hybridized carbons (Fsp3) is 0.333. The Morgan fingerprint density at radius 2 is 1.73 bits per heavy atom. The molecule has 2 aromatic carbocycles. The first kappa shape index (κ1) is 18.9. The lowest BCUT2D eigenvalue weighted by Crippen LogP contribution is -2.29. The van der Waals surface area contributed by atoms with Gasteiger partial charge in [-0.05, 0) is 70.8 Å². The molecule has 1 fully saturated rings. The van der Waals surface area contributed by atoms with Crippen molar-refractivity contribution < 1.29 is 9.59 Å². The van der Waals surface area contributed by atoms with Crippen LogP contribution in [0.5, 0.6) is 0 Å². The SMILES string of the molecule is CCc1cccc(CC)c1N1C[C@@H](C(=O)Nc2ccc(I)cc2)CC1=O. The molecule has 1 aliphatic heterocycles. The minimum Gasteiger partial charge on any atom is -0.326 e. The predicted molar refractivity (Wildman–Crippen MR) is 113 cm³/mol. The van der Waals surface area contributed by atoms with Crippen molar-refractivity contribution in [3.8, 4) is 0 Å². The van der Waals surface area contributed by atoms with Gasteiger partial charge < -0.3 is 10.2 Å². The molecule has 5 heteroatoms. The van der Waals surface area contributed by atoms with Crippen LogP contribution in [-0.4, -0.2) is 18.4 Å². The number of hydrogen-bond acceptors (Lipinski definition) is 2. The molecule has 2 aromatic rings. The van der Waals surface area contributed by atoms with Crippen LogP contribution in [-0.2, 0) is 22.4 Å². The minimum atomic E-state index is -0.323. The number of halogens is 1. The smallest absolute Gasteiger partial charge is 0.229 e. The molecule has 0 bridgehead atoms. The first-order valence-corrected chi connectivity index (χ1v) is 10.1. The summed E-state index contributed by atoms with van der Waals surface area (Å²) in [7, 11) is 0. The molecule has 1 heterocycles. The van der Waals surface area contributed by atoms with Gasteiger partial charge in [0.1, 0.15) is 0 Å². The first-order valence-electron chi connectivity index (χ1n) is 9.01. The van der Waals surface area contributed by atoms with E-state index in [1.807, 2.05) is 35.2 Å². The van der Waals surface area contributed by atoms with Crippen LogP contribution in [0.2, 0.25) is 0 Å². The third-order valence-electron chi connectivity index (χ3n) is 4.84. The number of nitrogens with one attached hydrogen (secondary N) is 1.